The normalized spacial score (nSPS) is 11.9. The van der Waals surface area contributed by atoms with Gasteiger partial charge in [-0.1, -0.05) is 48.5 Å². The van der Waals surface area contributed by atoms with E-state index in [1.165, 1.54) is 19.2 Å². The summed E-state index contributed by atoms with van der Waals surface area (Å²) in [5.74, 6) is -1.63. The van der Waals surface area contributed by atoms with E-state index < -0.39 is 34.0 Å². The van der Waals surface area contributed by atoms with E-state index in [1.807, 2.05) is 0 Å². The number of ether oxygens (including phenoxy) is 1. The Labute approximate surface area is 168 Å². The van der Waals surface area contributed by atoms with Gasteiger partial charge in [-0.25, -0.2) is 17.9 Å². The fourth-order valence-electron chi connectivity index (χ4n) is 2.30. The molecule has 3 amide bonds. The van der Waals surface area contributed by atoms with Gasteiger partial charge in [0.15, 0.2) is 0 Å². The SMILES string of the molecule is CNC(=O)NC(=O)[C@@H](OC(=O)CCNS(=O)(=O)c1ccccc1)c1ccccc1. The number of imide groups is 1. The van der Waals surface area contributed by atoms with E-state index in [0.29, 0.717) is 5.56 Å². The quantitative estimate of drug-likeness (QED) is 0.549. The van der Waals surface area contributed by atoms with Crippen molar-refractivity contribution in [3.63, 3.8) is 0 Å². The number of rotatable bonds is 8. The third kappa shape index (κ3) is 6.70. The molecule has 0 aromatic heterocycles. The van der Waals surface area contributed by atoms with E-state index in [9.17, 15) is 22.8 Å². The maximum Gasteiger partial charge on any atom is 0.321 e. The first-order valence-electron chi connectivity index (χ1n) is 8.65. The zero-order valence-corrected chi connectivity index (χ0v) is 16.4. The first kappa shape index (κ1) is 22.1. The molecule has 9 nitrogen and oxygen atoms in total. The number of esters is 1. The Bertz CT molecular complexity index is 948. The number of nitrogens with one attached hydrogen (secondary N) is 3. The Hall–Kier alpha value is -3.24. The zero-order chi connectivity index (χ0) is 21.3. The Kier molecular flexibility index (Phi) is 7.87. The maximum absolute atomic E-state index is 12.3. The second kappa shape index (κ2) is 10.3. The number of hydrogen-bond donors (Lipinski definition) is 3. The van der Waals surface area contributed by atoms with Gasteiger partial charge in [0.25, 0.3) is 5.91 Å². The van der Waals surface area contributed by atoms with Crippen LogP contribution in [0.1, 0.15) is 18.1 Å². The Balaban J connectivity index is 1.99. The van der Waals surface area contributed by atoms with Crippen LogP contribution < -0.4 is 15.4 Å². The van der Waals surface area contributed by atoms with Crippen LogP contribution >= 0.6 is 0 Å². The molecule has 0 bridgehead atoms. The smallest absolute Gasteiger partial charge is 0.321 e. The lowest BCUT2D eigenvalue weighted by Crippen LogP contribution is -2.41. The van der Waals surface area contributed by atoms with E-state index in [-0.39, 0.29) is 17.9 Å². The summed E-state index contributed by atoms with van der Waals surface area (Å²) in [6.45, 7) is -0.214. The van der Waals surface area contributed by atoms with Crippen molar-refractivity contribution in [2.45, 2.75) is 17.4 Å². The van der Waals surface area contributed by atoms with Crippen LogP contribution in [0.2, 0.25) is 0 Å². The summed E-state index contributed by atoms with van der Waals surface area (Å²) in [7, 11) is -2.42. The van der Waals surface area contributed by atoms with Crippen LogP contribution in [0.4, 0.5) is 4.79 Å². The van der Waals surface area contributed by atoms with Crippen LogP contribution in [0, 0.1) is 0 Å². The number of carbonyl (C=O) groups excluding carboxylic acids is 3. The molecular weight excluding hydrogens is 398 g/mol. The first-order chi connectivity index (χ1) is 13.8. The molecule has 2 aromatic rings. The molecule has 0 spiro atoms. The average molecular weight is 419 g/mol. The van der Waals surface area contributed by atoms with Crippen molar-refractivity contribution < 1.29 is 27.5 Å². The second-order valence-electron chi connectivity index (χ2n) is 5.81. The van der Waals surface area contributed by atoms with Gasteiger partial charge in [-0.3, -0.25) is 14.9 Å². The van der Waals surface area contributed by atoms with Crippen LogP contribution in [0.15, 0.2) is 65.6 Å². The van der Waals surface area contributed by atoms with Crippen LogP contribution in [-0.2, 0) is 24.3 Å². The van der Waals surface area contributed by atoms with Gasteiger partial charge >= 0.3 is 12.0 Å². The largest absolute Gasteiger partial charge is 0.447 e. The summed E-state index contributed by atoms with van der Waals surface area (Å²) < 4.78 is 31.8. The first-order valence-corrected chi connectivity index (χ1v) is 10.1. The molecule has 3 N–H and O–H groups in total. The zero-order valence-electron chi connectivity index (χ0n) is 15.6. The number of urea groups is 1. The molecule has 0 aliphatic carbocycles. The lowest BCUT2D eigenvalue weighted by molar-refractivity contribution is -0.156. The van der Waals surface area contributed by atoms with E-state index in [4.69, 9.17) is 4.74 Å². The molecule has 0 radical (unpaired) electrons. The van der Waals surface area contributed by atoms with Crippen molar-refractivity contribution in [2.75, 3.05) is 13.6 Å². The van der Waals surface area contributed by atoms with Gasteiger partial charge in [0.05, 0.1) is 11.3 Å². The minimum absolute atomic E-state index is 0.0699. The molecule has 0 saturated heterocycles. The highest BCUT2D eigenvalue weighted by Gasteiger charge is 2.26. The lowest BCUT2D eigenvalue weighted by atomic mass is 10.1. The molecule has 0 aliphatic rings. The van der Waals surface area contributed by atoms with Crippen molar-refractivity contribution in [3.8, 4) is 0 Å². The van der Waals surface area contributed by atoms with E-state index in [2.05, 4.69) is 15.4 Å². The highest BCUT2D eigenvalue weighted by Crippen LogP contribution is 2.18. The standard InChI is InChI=1S/C19H21N3O6S/c1-20-19(25)22-18(24)17(14-8-4-2-5-9-14)28-16(23)12-13-21-29(26,27)15-10-6-3-7-11-15/h2-11,17,21H,12-13H2,1H3,(H2,20,22,24,25)/t17-/m0/s1. The fourth-order valence-corrected chi connectivity index (χ4v) is 3.35. The van der Waals surface area contributed by atoms with Crippen LogP contribution in [0.3, 0.4) is 0 Å². The lowest BCUT2D eigenvalue weighted by Gasteiger charge is -2.17. The number of hydrogen-bond acceptors (Lipinski definition) is 6. The van der Waals surface area contributed by atoms with Gasteiger partial charge in [-0.15, -0.1) is 0 Å². The molecule has 0 fully saturated rings. The molecule has 10 heteroatoms. The molecule has 154 valence electrons. The number of amides is 3. The summed E-state index contributed by atoms with van der Waals surface area (Å²) in [5, 5.41) is 4.29. The van der Waals surface area contributed by atoms with E-state index >= 15 is 0 Å². The summed E-state index contributed by atoms with van der Waals surface area (Å²) in [4.78, 5) is 35.9. The van der Waals surface area contributed by atoms with Crippen molar-refractivity contribution >= 4 is 27.9 Å². The van der Waals surface area contributed by atoms with E-state index in [0.717, 1.165) is 0 Å². The van der Waals surface area contributed by atoms with Gasteiger partial charge in [-0.2, -0.15) is 0 Å². The third-order valence-electron chi connectivity index (χ3n) is 3.73. The molecule has 29 heavy (non-hydrogen) atoms. The molecule has 0 heterocycles. The predicted octanol–water partition coefficient (Wildman–Crippen LogP) is 1.10. The van der Waals surface area contributed by atoms with Crippen LogP contribution in [-0.4, -0.2) is 39.9 Å². The summed E-state index contributed by atoms with van der Waals surface area (Å²) >= 11 is 0. The minimum atomic E-state index is -3.76. The Morgan fingerprint density at radius 2 is 1.55 bits per heavy atom. The van der Waals surface area contributed by atoms with Crippen molar-refractivity contribution in [2.24, 2.45) is 0 Å². The van der Waals surface area contributed by atoms with E-state index in [1.54, 1.807) is 48.5 Å². The predicted molar refractivity (Wildman–Crippen MR) is 104 cm³/mol. The number of sulfonamides is 1. The molecule has 2 rings (SSSR count). The molecule has 0 saturated carbocycles. The molecular formula is C19H21N3O6S. The van der Waals surface area contributed by atoms with Crippen molar-refractivity contribution in [3.05, 3.63) is 66.2 Å². The molecule has 0 aliphatic heterocycles. The Morgan fingerprint density at radius 3 is 2.14 bits per heavy atom. The highest BCUT2D eigenvalue weighted by atomic mass is 32.2. The maximum atomic E-state index is 12.3. The summed E-state index contributed by atoms with van der Waals surface area (Å²) in [5.41, 5.74) is 0.368. The molecule has 0 unspecified atom stereocenters. The summed E-state index contributed by atoms with van der Waals surface area (Å²) in [6, 6.07) is 15.1. The van der Waals surface area contributed by atoms with Crippen LogP contribution in [0.25, 0.3) is 0 Å². The van der Waals surface area contributed by atoms with Crippen molar-refractivity contribution in [1.82, 2.24) is 15.4 Å². The highest BCUT2D eigenvalue weighted by molar-refractivity contribution is 7.89. The number of carbonyl (C=O) groups is 3. The topological polar surface area (TPSA) is 131 Å². The van der Waals surface area contributed by atoms with Crippen molar-refractivity contribution in [1.29, 1.82) is 0 Å². The monoisotopic (exact) mass is 419 g/mol. The second-order valence-corrected chi connectivity index (χ2v) is 7.58. The van der Waals surface area contributed by atoms with Crippen LogP contribution in [0.5, 0.6) is 0 Å². The third-order valence-corrected chi connectivity index (χ3v) is 5.21. The van der Waals surface area contributed by atoms with Gasteiger partial charge in [0, 0.05) is 19.2 Å². The number of benzene rings is 2. The average Bonchev–Trinajstić information content (AvgIpc) is 2.73. The van der Waals surface area contributed by atoms with Gasteiger partial charge in [0.2, 0.25) is 16.1 Å². The molecule has 1 atom stereocenters. The van der Waals surface area contributed by atoms with Gasteiger partial charge in [0.1, 0.15) is 0 Å². The fraction of sp³-hybridized carbons (Fsp3) is 0.211. The molecule has 2 aromatic carbocycles. The Morgan fingerprint density at radius 1 is 0.966 bits per heavy atom. The van der Waals surface area contributed by atoms with Gasteiger partial charge in [-0.05, 0) is 12.1 Å². The summed E-state index contributed by atoms with van der Waals surface area (Å²) in [6.07, 6.45) is -1.66. The minimum Gasteiger partial charge on any atom is -0.447 e. The van der Waals surface area contributed by atoms with Gasteiger partial charge < -0.3 is 10.1 Å².